The molecule has 0 saturated heterocycles. The molecule has 0 unspecified atom stereocenters. The highest BCUT2D eigenvalue weighted by Gasteiger charge is 2.39. The highest BCUT2D eigenvalue weighted by atomic mass is 32.1. The fourth-order valence-electron chi connectivity index (χ4n) is 11.1. The predicted octanol–water partition coefficient (Wildman–Crippen LogP) is 14.1. The smallest absolute Gasteiger partial charge is 0.198 e. The molecule has 12 rings (SSSR count). The van der Waals surface area contributed by atoms with E-state index in [0.717, 1.165) is 18.7 Å². The molecule has 3 heterocycles. The molecule has 0 atom stereocenters. The second-order valence-corrected chi connectivity index (χ2v) is 20.4. The lowest BCUT2D eigenvalue weighted by Gasteiger charge is -2.42. The van der Waals surface area contributed by atoms with E-state index in [-0.39, 0.29) is 16.7 Å². The minimum absolute atomic E-state index is 0.00616. The summed E-state index contributed by atoms with van der Waals surface area (Å²) in [5.74, 6) is 0.00616. The Morgan fingerprint density at radius 2 is 1.24 bits per heavy atom. The van der Waals surface area contributed by atoms with Crippen molar-refractivity contribution in [2.24, 2.45) is 0 Å². The third-order valence-electron chi connectivity index (χ3n) is 14.4. The molecule has 2 aromatic heterocycles. The highest BCUT2D eigenvalue weighted by Crippen LogP contribution is 2.51. The first-order valence-corrected chi connectivity index (χ1v) is 23.1. The average Bonchev–Trinajstić information content (AvgIpc) is 3.83. The number of benzene rings is 8. The van der Waals surface area contributed by atoms with E-state index in [1.165, 1.54) is 116 Å². The van der Waals surface area contributed by atoms with Crippen LogP contribution in [0, 0.1) is 6.92 Å². The quantitative estimate of drug-likeness (QED) is 0.131. The summed E-state index contributed by atoms with van der Waals surface area (Å²) < 4.78 is 5.41. The number of nitrogens with one attached hydrogen (secondary N) is 1. The molecular formula is C58H49BN2S. The zero-order valence-electron chi connectivity index (χ0n) is 36.1. The molecule has 0 amide bonds. The topological polar surface area (TPSA) is 17.0 Å². The Morgan fingerprint density at radius 1 is 0.597 bits per heavy atom. The first kappa shape index (κ1) is 37.4. The van der Waals surface area contributed by atoms with Crippen LogP contribution in [0.2, 0.25) is 0 Å². The lowest BCUT2D eigenvalue weighted by Crippen LogP contribution is -2.37. The zero-order valence-corrected chi connectivity index (χ0v) is 37.0. The van der Waals surface area contributed by atoms with Crippen LogP contribution >= 0.6 is 11.3 Å². The van der Waals surface area contributed by atoms with Gasteiger partial charge in [0.05, 0.1) is 5.52 Å². The normalized spacial score (nSPS) is 14.9. The van der Waals surface area contributed by atoms with Crippen molar-refractivity contribution in [3.63, 3.8) is 0 Å². The number of hydrogen-bond donors (Lipinski definition) is 1. The summed E-state index contributed by atoms with van der Waals surface area (Å²) in [5.41, 5.74) is 19.8. The zero-order chi connectivity index (χ0) is 41.9. The van der Waals surface area contributed by atoms with Gasteiger partial charge in [0.15, 0.2) is 7.28 Å². The summed E-state index contributed by atoms with van der Waals surface area (Å²) in [6.45, 7) is 12.0. The van der Waals surface area contributed by atoms with E-state index >= 15 is 0 Å². The molecule has 0 spiro atoms. The number of rotatable bonds is 6. The fourth-order valence-corrected chi connectivity index (χ4v) is 12.2. The van der Waals surface area contributed by atoms with E-state index in [1.54, 1.807) is 0 Å². The second kappa shape index (κ2) is 13.8. The van der Waals surface area contributed by atoms with E-state index in [9.17, 15) is 0 Å². The third-order valence-corrected chi connectivity index (χ3v) is 15.6. The van der Waals surface area contributed by atoms with E-state index in [0.29, 0.717) is 0 Å². The molecule has 2 nitrogen and oxygen atoms in total. The van der Waals surface area contributed by atoms with E-state index < -0.39 is 0 Å². The maximum atomic E-state index is 3.88. The fraction of sp³-hybridized carbons (Fsp3) is 0.172. The van der Waals surface area contributed by atoms with Crippen molar-refractivity contribution in [3.05, 3.63) is 197 Å². The molecular weight excluding hydrogens is 768 g/mol. The third kappa shape index (κ3) is 5.76. The van der Waals surface area contributed by atoms with Crippen molar-refractivity contribution in [2.75, 3.05) is 5.32 Å². The van der Waals surface area contributed by atoms with Crippen LogP contribution in [0.5, 0.6) is 0 Å². The number of anilines is 2. The van der Waals surface area contributed by atoms with Crippen LogP contribution in [0.25, 0.3) is 58.8 Å². The molecule has 0 radical (unpaired) electrons. The Morgan fingerprint density at radius 3 is 1.97 bits per heavy atom. The molecule has 1 N–H and O–H groups in total. The van der Waals surface area contributed by atoms with Gasteiger partial charge in [-0.1, -0.05) is 148 Å². The summed E-state index contributed by atoms with van der Waals surface area (Å²) in [7, 11) is 0.846. The Bertz CT molecular complexity index is 3370. The monoisotopic (exact) mass is 816 g/mol. The largest absolute Gasteiger partial charge is 0.355 e. The van der Waals surface area contributed by atoms with Crippen LogP contribution < -0.4 is 16.2 Å². The van der Waals surface area contributed by atoms with Gasteiger partial charge < -0.3 is 9.88 Å². The maximum Gasteiger partial charge on any atom is 0.198 e. The van der Waals surface area contributed by atoms with E-state index in [2.05, 4.69) is 208 Å². The number of nitrogens with zero attached hydrogens (tertiary/aromatic N) is 1. The van der Waals surface area contributed by atoms with Crippen molar-refractivity contribution < 1.29 is 0 Å². The minimum atomic E-state index is 0.00616. The van der Waals surface area contributed by atoms with Gasteiger partial charge in [0.25, 0.3) is 0 Å². The maximum absolute atomic E-state index is 3.88. The van der Waals surface area contributed by atoms with Gasteiger partial charge in [-0.05, 0) is 124 Å². The summed E-state index contributed by atoms with van der Waals surface area (Å²) in [5, 5.41) is 9.30. The van der Waals surface area contributed by atoms with Crippen LogP contribution in [-0.2, 0) is 10.8 Å². The van der Waals surface area contributed by atoms with Gasteiger partial charge in [-0.25, -0.2) is 0 Å². The van der Waals surface area contributed by atoms with Gasteiger partial charge in [-0.2, -0.15) is 0 Å². The summed E-state index contributed by atoms with van der Waals surface area (Å²) in [6.07, 6.45) is 2.35. The number of para-hydroxylation sites is 1. The lowest BCUT2D eigenvalue weighted by molar-refractivity contribution is 0.332. The number of hydrogen-bond acceptors (Lipinski definition) is 2. The van der Waals surface area contributed by atoms with Gasteiger partial charge in [-0.15, -0.1) is 11.3 Å². The van der Waals surface area contributed by atoms with Gasteiger partial charge in [0.1, 0.15) is 0 Å². The van der Waals surface area contributed by atoms with Crippen molar-refractivity contribution in [2.45, 2.75) is 64.2 Å². The Hall–Kier alpha value is -6.36. The Labute approximate surface area is 369 Å². The lowest BCUT2D eigenvalue weighted by atomic mass is 9.58. The van der Waals surface area contributed by atoms with Crippen LogP contribution in [0.4, 0.5) is 11.4 Å². The van der Waals surface area contributed by atoms with Crippen molar-refractivity contribution in [3.8, 4) is 16.8 Å². The van der Waals surface area contributed by atoms with Crippen LogP contribution in [0.1, 0.15) is 79.8 Å². The molecule has 2 aliphatic rings. The Kier molecular flexibility index (Phi) is 8.34. The summed E-state index contributed by atoms with van der Waals surface area (Å²) >= 11 is 1.92. The van der Waals surface area contributed by atoms with Gasteiger partial charge in [-0.3, -0.25) is 0 Å². The molecule has 1 aliphatic carbocycles. The van der Waals surface area contributed by atoms with Gasteiger partial charge in [0, 0.05) is 65.0 Å². The number of aromatic nitrogens is 1. The summed E-state index contributed by atoms with van der Waals surface area (Å²) in [6, 6.07) is 62.0. The molecule has 4 heteroatoms. The summed E-state index contributed by atoms with van der Waals surface area (Å²) in [4.78, 5) is 0. The van der Waals surface area contributed by atoms with E-state index in [1.807, 2.05) is 11.3 Å². The first-order valence-electron chi connectivity index (χ1n) is 22.3. The Balaban J connectivity index is 1.27. The average molecular weight is 817 g/mol. The predicted molar refractivity (Wildman–Crippen MR) is 269 cm³/mol. The van der Waals surface area contributed by atoms with E-state index in [4.69, 9.17) is 0 Å². The van der Waals surface area contributed by atoms with Gasteiger partial charge >= 0.3 is 0 Å². The molecule has 1 aliphatic heterocycles. The molecule has 8 aromatic carbocycles. The molecule has 0 bridgehead atoms. The molecule has 0 saturated carbocycles. The van der Waals surface area contributed by atoms with Gasteiger partial charge in [0.2, 0.25) is 0 Å². The van der Waals surface area contributed by atoms with Crippen molar-refractivity contribution in [1.29, 1.82) is 0 Å². The number of fused-ring (bicyclic) bond motifs is 9. The number of thiophene rings is 1. The minimum Gasteiger partial charge on any atom is -0.355 e. The van der Waals surface area contributed by atoms with Crippen molar-refractivity contribution >= 4 is 82.9 Å². The second-order valence-electron chi connectivity index (χ2n) is 19.3. The molecule has 300 valence electrons. The van der Waals surface area contributed by atoms with Crippen LogP contribution in [-0.4, -0.2) is 11.8 Å². The standard InChI is InChI=1S/C58H49BN2S/c1-35-24-26-38(27-25-35)60-48-22-14-12-20-39(48)42-30-44(53(36-16-8-6-9-17-36)37-18-10-7-11-19-37)54-43-31-45-46(58(4,5)29-28-57(45,2)3)33-49(43)61-50-32-41-40-21-13-15-23-51(40)62-52(41)34-47(50)59-55(42)56(54)61/h6-27,30-34,53,59-60H,28-29H2,1-5H3. The molecule has 10 aromatic rings. The van der Waals surface area contributed by atoms with Crippen LogP contribution in [0.15, 0.2) is 164 Å². The molecule has 62 heavy (non-hydrogen) atoms. The molecule has 0 fully saturated rings. The first-order chi connectivity index (χ1) is 30.1. The van der Waals surface area contributed by atoms with Crippen molar-refractivity contribution in [1.82, 2.24) is 4.57 Å². The highest BCUT2D eigenvalue weighted by molar-refractivity contribution is 7.26. The SMILES string of the molecule is Cc1ccc(Nc2ccccc2-c2cc(C(c3ccccc3)c3ccccc3)c3c4cc5c(cc4n4c3c2Bc2cc3sc6ccccc6c3cc2-4)C(C)(C)CCC5(C)C)cc1. The number of aryl methyl sites for hydroxylation is 1. The van der Waals surface area contributed by atoms with Crippen LogP contribution in [0.3, 0.4) is 0 Å².